The van der Waals surface area contributed by atoms with Crippen molar-refractivity contribution < 1.29 is 19.5 Å². The molecule has 0 aliphatic heterocycles. The first-order chi connectivity index (χ1) is 8.38. The Balaban J connectivity index is 0.000000405. The van der Waals surface area contributed by atoms with E-state index in [0.717, 1.165) is 0 Å². The maximum atomic E-state index is 2.29. The summed E-state index contributed by atoms with van der Waals surface area (Å²) < 4.78 is 0. The molecule has 0 saturated carbocycles. The van der Waals surface area contributed by atoms with Gasteiger partial charge in [0.1, 0.15) is 0 Å². The predicted molar refractivity (Wildman–Crippen MR) is 80.9 cm³/mol. The Kier molecular flexibility index (Phi) is 11.7. The molecule has 0 N–H and O–H groups in total. The molecule has 0 amide bonds. The zero-order chi connectivity index (χ0) is 12.3. The van der Waals surface area contributed by atoms with E-state index in [2.05, 4.69) is 38.1 Å². The molecule has 2 aromatic carbocycles. The summed E-state index contributed by atoms with van der Waals surface area (Å²) in [6.45, 7) is 4.57. The third-order valence-electron chi connectivity index (χ3n) is 2.55. The average molecular weight is 347 g/mol. The standard InChI is InChI=1S/C11H18P.C5H5.Ru/c1-3-9-12(10-4-2)11-7-5-6-8-11;1-2-4-5-3-1;/h5-8H,3-4,9-10H2,1-2H3;1-5H;/q-1;-5;. The molecule has 106 valence electrons. The molecule has 2 aromatic rings. The van der Waals surface area contributed by atoms with Gasteiger partial charge in [0.15, 0.2) is 0 Å². The molecule has 0 spiro atoms. The molecule has 0 fully saturated rings. The van der Waals surface area contributed by atoms with Crippen LogP contribution in [-0.2, 0) is 19.5 Å². The van der Waals surface area contributed by atoms with Gasteiger partial charge in [-0.15, -0.1) is 13.2 Å². The van der Waals surface area contributed by atoms with Gasteiger partial charge in [-0.1, -0.05) is 26.7 Å². The summed E-state index contributed by atoms with van der Waals surface area (Å²) >= 11 is 0. The van der Waals surface area contributed by atoms with Crippen LogP contribution in [-0.4, -0.2) is 12.3 Å². The van der Waals surface area contributed by atoms with E-state index in [0.29, 0.717) is 0 Å². The van der Waals surface area contributed by atoms with Gasteiger partial charge in [0.2, 0.25) is 0 Å². The summed E-state index contributed by atoms with van der Waals surface area (Å²) in [5.74, 6) is 0. The molecule has 0 radical (unpaired) electrons. The van der Waals surface area contributed by atoms with Gasteiger partial charge < -0.3 is 30.3 Å². The van der Waals surface area contributed by atoms with Gasteiger partial charge in [0.25, 0.3) is 0 Å². The summed E-state index contributed by atoms with van der Waals surface area (Å²) in [5.41, 5.74) is 0. The largest absolute Gasteiger partial charge is 0.748 e. The molecule has 0 aliphatic carbocycles. The van der Waals surface area contributed by atoms with Crippen LogP contribution in [0.25, 0.3) is 0 Å². The van der Waals surface area contributed by atoms with Gasteiger partial charge in [-0.2, -0.15) is 12.1 Å². The molecule has 0 nitrogen and oxygen atoms in total. The molecular formula is C16H23PRu-6. The van der Waals surface area contributed by atoms with Crippen LogP contribution in [0, 0.1) is 0 Å². The topological polar surface area (TPSA) is 0 Å². The van der Waals surface area contributed by atoms with Crippen molar-refractivity contribution in [3.8, 4) is 0 Å². The second-order valence-corrected chi connectivity index (χ2v) is 6.58. The van der Waals surface area contributed by atoms with E-state index in [-0.39, 0.29) is 27.4 Å². The first kappa shape index (κ1) is 17.8. The minimum absolute atomic E-state index is 0. The second-order valence-electron chi connectivity index (χ2n) is 4.09. The van der Waals surface area contributed by atoms with Crippen LogP contribution in [0.1, 0.15) is 26.7 Å². The van der Waals surface area contributed by atoms with E-state index in [4.69, 9.17) is 0 Å². The van der Waals surface area contributed by atoms with E-state index in [9.17, 15) is 0 Å². The van der Waals surface area contributed by atoms with E-state index in [1.54, 1.807) is 5.30 Å². The quantitative estimate of drug-likeness (QED) is 0.416. The van der Waals surface area contributed by atoms with E-state index in [1.807, 2.05) is 30.3 Å². The van der Waals surface area contributed by atoms with Crippen LogP contribution >= 0.6 is 7.92 Å². The minimum Gasteiger partial charge on any atom is -0.748 e. The Labute approximate surface area is 126 Å². The molecule has 0 saturated heterocycles. The van der Waals surface area contributed by atoms with Crippen molar-refractivity contribution in [2.75, 3.05) is 12.3 Å². The van der Waals surface area contributed by atoms with Gasteiger partial charge >= 0.3 is 0 Å². The number of hydrogen-bond donors (Lipinski definition) is 0. The molecule has 0 atom stereocenters. The Morgan fingerprint density at radius 2 is 1.22 bits per heavy atom. The van der Waals surface area contributed by atoms with Gasteiger partial charge in [0.05, 0.1) is 0 Å². The molecule has 18 heavy (non-hydrogen) atoms. The van der Waals surface area contributed by atoms with Gasteiger partial charge in [-0.3, -0.25) is 0 Å². The molecule has 0 aromatic heterocycles. The summed E-state index contributed by atoms with van der Waals surface area (Å²) in [4.78, 5) is 0. The van der Waals surface area contributed by atoms with Crippen molar-refractivity contribution in [3.63, 3.8) is 0 Å². The minimum atomic E-state index is 0. The fourth-order valence-electron chi connectivity index (χ4n) is 1.81. The molecule has 0 heterocycles. The third kappa shape index (κ3) is 7.25. The number of rotatable bonds is 5. The smallest absolute Gasteiger partial charge is 0 e. The van der Waals surface area contributed by atoms with Crippen molar-refractivity contribution in [1.29, 1.82) is 0 Å². The van der Waals surface area contributed by atoms with Crippen molar-refractivity contribution in [1.82, 2.24) is 0 Å². The van der Waals surface area contributed by atoms with Crippen LogP contribution in [0.15, 0.2) is 54.6 Å². The van der Waals surface area contributed by atoms with Crippen LogP contribution in [0.4, 0.5) is 0 Å². The normalized spacial score (nSPS) is 9.50. The maximum absolute atomic E-state index is 2.29. The van der Waals surface area contributed by atoms with Gasteiger partial charge in [-0.05, 0) is 12.3 Å². The summed E-state index contributed by atoms with van der Waals surface area (Å²) in [5, 5.41) is 1.61. The third-order valence-corrected chi connectivity index (χ3v) is 5.56. The average Bonchev–Trinajstić information content (AvgIpc) is 3.05. The SMILES string of the molecule is CCCP(CCC)[c-]1cccc1.[Ru].[cH-]1[cH-][cH-][cH-][cH-]1. The zero-order valence-electron chi connectivity index (χ0n) is 11.3. The van der Waals surface area contributed by atoms with Crippen molar-refractivity contribution >= 4 is 13.2 Å². The fraction of sp³-hybridized carbons (Fsp3) is 0.375. The molecule has 0 unspecified atom stereocenters. The predicted octanol–water partition coefficient (Wildman–Crippen LogP) is 4.74. The first-order valence-corrected chi connectivity index (χ1v) is 8.23. The summed E-state index contributed by atoms with van der Waals surface area (Å²) in [7, 11) is 0.181. The Bertz CT molecular complexity index is 314. The van der Waals surface area contributed by atoms with Crippen LogP contribution in [0.5, 0.6) is 0 Å². The first-order valence-electron chi connectivity index (χ1n) is 6.51. The van der Waals surface area contributed by atoms with E-state index < -0.39 is 0 Å². The summed E-state index contributed by atoms with van der Waals surface area (Å²) in [6.07, 6.45) is 5.48. The van der Waals surface area contributed by atoms with Crippen molar-refractivity contribution in [3.05, 3.63) is 54.6 Å². The number of hydrogen-bond acceptors (Lipinski definition) is 0. The van der Waals surface area contributed by atoms with Crippen LogP contribution < -0.4 is 5.30 Å². The maximum Gasteiger partial charge on any atom is 0 e. The van der Waals surface area contributed by atoms with E-state index in [1.165, 1.54) is 25.2 Å². The Morgan fingerprint density at radius 1 is 0.833 bits per heavy atom. The molecule has 0 aliphatic rings. The Hall–Kier alpha value is -0.247. The molecule has 2 heteroatoms. The second kappa shape index (κ2) is 11.8. The Morgan fingerprint density at radius 3 is 1.56 bits per heavy atom. The molecular weight excluding hydrogens is 324 g/mol. The monoisotopic (exact) mass is 348 g/mol. The fourth-order valence-corrected chi connectivity index (χ4v) is 4.22. The van der Waals surface area contributed by atoms with Gasteiger partial charge in [-0.25, -0.2) is 12.1 Å². The molecule has 0 bridgehead atoms. The van der Waals surface area contributed by atoms with Crippen LogP contribution in [0.2, 0.25) is 0 Å². The summed E-state index contributed by atoms with van der Waals surface area (Å²) in [6, 6.07) is 18.9. The van der Waals surface area contributed by atoms with E-state index >= 15 is 0 Å². The van der Waals surface area contributed by atoms with Crippen molar-refractivity contribution in [2.24, 2.45) is 0 Å². The molecule has 2 rings (SSSR count). The zero-order valence-corrected chi connectivity index (χ0v) is 14.0. The van der Waals surface area contributed by atoms with Crippen LogP contribution in [0.3, 0.4) is 0 Å². The van der Waals surface area contributed by atoms with Gasteiger partial charge in [0, 0.05) is 19.5 Å². The van der Waals surface area contributed by atoms with Crippen molar-refractivity contribution in [2.45, 2.75) is 26.7 Å².